The van der Waals surface area contributed by atoms with E-state index in [1.54, 1.807) is 0 Å². The normalized spacial score (nSPS) is 14.7. The van der Waals surface area contributed by atoms with Crippen LogP contribution in [-0.2, 0) is 29.8 Å². The van der Waals surface area contributed by atoms with Gasteiger partial charge in [-0.2, -0.15) is 45.7 Å². The van der Waals surface area contributed by atoms with Gasteiger partial charge in [0.2, 0.25) is 0 Å². The molecular weight excluding hydrogens is 595 g/mol. The van der Waals surface area contributed by atoms with E-state index in [1.807, 2.05) is 0 Å². The molecule has 1 unspecified atom stereocenters. The molecule has 0 fully saturated rings. The van der Waals surface area contributed by atoms with Crippen molar-refractivity contribution in [3.8, 4) is 0 Å². The standard InChI is InChI=1S/C18H14N4O9S2.5Na/c1-9-7-8-11(10(2)16(9)33(29,30)31)19-20-14-15(18(24)25)21-22(17(14)23)12-5-3-4-6-13(12)32(26,27)28;;;;;/h3,5-7,14H,1-2H3,(H,24,25)(H,26,27,28)(H,29,30,31);;;;;/q-2;5*+1/p-3. The fraction of sp³-hybridized carbons (Fsp3) is 0.167. The van der Waals surface area contributed by atoms with Gasteiger partial charge in [0.25, 0.3) is 5.91 Å². The molecule has 174 valence electrons. The predicted molar refractivity (Wildman–Crippen MR) is 104 cm³/mol. The molecule has 3 rings (SSSR count). The molecule has 0 radical (unpaired) electrons. The number of carbonyl (C=O) groups excluding carboxylic acids is 2. The fourth-order valence-electron chi connectivity index (χ4n) is 3.01. The molecule has 0 aliphatic carbocycles. The Kier molecular flexibility index (Phi) is 20.3. The van der Waals surface area contributed by atoms with Gasteiger partial charge in [0, 0.05) is 0 Å². The third kappa shape index (κ3) is 10.0. The summed E-state index contributed by atoms with van der Waals surface area (Å²) >= 11 is 0. The van der Waals surface area contributed by atoms with Crippen molar-refractivity contribution in [1.82, 2.24) is 0 Å². The van der Waals surface area contributed by atoms with Gasteiger partial charge in [-0.1, -0.05) is 13.8 Å². The van der Waals surface area contributed by atoms with Crippen molar-refractivity contribution in [3.63, 3.8) is 0 Å². The maximum absolute atomic E-state index is 12.8. The zero-order chi connectivity index (χ0) is 24.7. The summed E-state index contributed by atoms with van der Waals surface area (Å²) in [5, 5.41) is 22.6. The molecule has 0 N–H and O–H groups in total. The monoisotopic (exact) mass is 606 g/mol. The zero-order valence-corrected chi connectivity index (χ0v) is 33.3. The first-order chi connectivity index (χ1) is 15.2. The van der Waals surface area contributed by atoms with Crippen molar-refractivity contribution in [2.45, 2.75) is 29.7 Å². The molecule has 0 saturated heterocycles. The van der Waals surface area contributed by atoms with Crippen LogP contribution in [0.25, 0.3) is 0 Å². The number of amides is 1. The molecule has 1 aliphatic heterocycles. The van der Waals surface area contributed by atoms with Crippen LogP contribution in [0.1, 0.15) is 11.1 Å². The van der Waals surface area contributed by atoms with Crippen molar-refractivity contribution in [2.75, 3.05) is 5.01 Å². The zero-order valence-electron chi connectivity index (χ0n) is 21.7. The number of nitrogens with zero attached hydrogens (tertiary/aromatic N) is 4. The van der Waals surface area contributed by atoms with Crippen LogP contribution in [0.4, 0.5) is 11.4 Å². The summed E-state index contributed by atoms with van der Waals surface area (Å²) in [7, 11) is -9.97. The number of aryl methyl sites for hydroxylation is 1. The Bertz CT molecular complexity index is 1470. The van der Waals surface area contributed by atoms with Gasteiger partial charge in [-0.15, -0.1) is 17.2 Å². The van der Waals surface area contributed by atoms with E-state index >= 15 is 0 Å². The number of hydrogen-bond donors (Lipinski definition) is 0. The number of carboxylic acids is 1. The number of rotatable bonds is 6. The molecule has 20 heteroatoms. The first-order valence-electron chi connectivity index (χ1n) is 8.72. The average molecular weight is 606 g/mol. The smallest absolute Gasteiger partial charge is 0.754 e. The Balaban J connectivity index is -0.00000245. The van der Waals surface area contributed by atoms with Gasteiger partial charge in [0.15, 0.2) is 6.04 Å². The number of hydrazone groups is 1. The number of carboxylic acid groups (broad SMARTS) is 1. The molecule has 0 bridgehead atoms. The van der Waals surface area contributed by atoms with E-state index in [1.165, 1.54) is 13.8 Å². The summed E-state index contributed by atoms with van der Waals surface area (Å²) in [4.78, 5) is 22.8. The average Bonchev–Trinajstić information content (AvgIpc) is 3.02. The third-order valence-electron chi connectivity index (χ3n) is 4.42. The second-order valence-corrected chi connectivity index (χ2v) is 9.28. The van der Waals surface area contributed by atoms with Gasteiger partial charge < -0.3 is 19.0 Å². The fourth-order valence-corrected chi connectivity index (χ4v) is 4.56. The van der Waals surface area contributed by atoms with Crippen LogP contribution in [0.15, 0.2) is 49.4 Å². The number of carbonyl (C=O) groups is 2. The first-order valence-corrected chi connectivity index (χ1v) is 11.5. The number of hydrogen-bond acceptors (Lipinski definition) is 12. The predicted octanol–water partition coefficient (Wildman–Crippen LogP) is -15.7. The van der Waals surface area contributed by atoms with E-state index < -0.39 is 59.3 Å². The topological polar surface area (TPSA) is 212 Å². The molecule has 2 aromatic carbocycles. The number of azo groups is 1. The van der Waals surface area contributed by atoms with Crippen LogP contribution in [0, 0.1) is 26.0 Å². The van der Waals surface area contributed by atoms with E-state index in [-0.39, 0.29) is 165 Å². The minimum absolute atomic E-state index is 0. The molecule has 1 aliphatic rings. The van der Waals surface area contributed by atoms with Crippen LogP contribution in [0.5, 0.6) is 0 Å². The molecule has 0 saturated carbocycles. The summed E-state index contributed by atoms with van der Waals surface area (Å²) in [5.41, 5.74) is -1.80. The van der Waals surface area contributed by atoms with Crippen molar-refractivity contribution in [3.05, 3.63) is 47.5 Å². The molecule has 1 atom stereocenters. The minimum atomic E-state index is -5.09. The van der Waals surface area contributed by atoms with E-state index in [0.717, 1.165) is 24.3 Å². The van der Waals surface area contributed by atoms with Gasteiger partial charge in [-0.05, 0) is 21.2 Å². The van der Waals surface area contributed by atoms with Crippen LogP contribution in [0.2, 0.25) is 0 Å². The van der Waals surface area contributed by atoms with Gasteiger partial charge in [0.05, 0.1) is 16.1 Å². The van der Waals surface area contributed by atoms with Crippen LogP contribution in [0.3, 0.4) is 0 Å². The van der Waals surface area contributed by atoms with E-state index in [0.29, 0.717) is 5.01 Å². The number of benzene rings is 2. The van der Waals surface area contributed by atoms with Gasteiger partial charge in [0.1, 0.15) is 15.8 Å². The largest absolute Gasteiger partial charge is 1.00 e. The van der Waals surface area contributed by atoms with Gasteiger partial charge in [-0.25, -0.2) is 13.4 Å². The third-order valence-corrected chi connectivity index (χ3v) is 6.42. The summed E-state index contributed by atoms with van der Waals surface area (Å²) < 4.78 is 69.0. The van der Waals surface area contributed by atoms with E-state index in [2.05, 4.69) is 27.5 Å². The van der Waals surface area contributed by atoms with Crippen molar-refractivity contribution in [1.29, 1.82) is 0 Å². The van der Waals surface area contributed by atoms with Crippen LogP contribution < -0.4 is 158 Å². The molecule has 0 spiro atoms. The molecule has 38 heavy (non-hydrogen) atoms. The van der Waals surface area contributed by atoms with Crippen molar-refractivity contribution >= 4 is 49.2 Å². The second-order valence-electron chi connectivity index (χ2n) is 6.62. The maximum atomic E-state index is 12.8. The van der Waals surface area contributed by atoms with Crippen molar-refractivity contribution < 1.29 is 188 Å². The Morgan fingerprint density at radius 2 is 1.61 bits per heavy atom. The molecule has 13 nitrogen and oxygen atoms in total. The van der Waals surface area contributed by atoms with Gasteiger partial charge in [-0.3, -0.25) is 13.2 Å². The van der Waals surface area contributed by atoms with Gasteiger partial charge >= 0.3 is 148 Å². The Labute approximate surface area is 329 Å². The maximum Gasteiger partial charge on any atom is 1.00 e. The molecule has 1 amide bonds. The Morgan fingerprint density at radius 3 is 2.11 bits per heavy atom. The quantitative estimate of drug-likeness (QED) is 0.132. The van der Waals surface area contributed by atoms with E-state index in [9.17, 15) is 40.6 Å². The van der Waals surface area contributed by atoms with Crippen molar-refractivity contribution in [2.24, 2.45) is 15.3 Å². The first kappa shape index (κ1) is 43.9. The van der Waals surface area contributed by atoms with E-state index in [4.69, 9.17) is 0 Å². The SMILES string of the molecule is Cc1c[c-]c(N=NC2C(=O)N(c3cc[c-]cc3S(=O)(=O)[O-])N=C2C(=O)[O-])c(C)c1S(=O)(=O)[O-].[Na+].[Na+].[Na+].[Na+].[Na+]. The second kappa shape index (κ2) is 17.6. The molecular formula is C18H11N4Na5O9S2. The van der Waals surface area contributed by atoms with Crippen LogP contribution in [-0.4, -0.2) is 49.6 Å². The Morgan fingerprint density at radius 1 is 1.03 bits per heavy atom. The Hall–Kier alpha value is 1.47. The summed E-state index contributed by atoms with van der Waals surface area (Å²) in [6, 6.07) is 7.07. The minimum Gasteiger partial charge on any atom is -0.754 e. The molecule has 2 aromatic rings. The number of anilines is 1. The van der Waals surface area contributed by atoms with Crippen LogP contribution >= 0.6 is 0 Å². The summed E-state index contributed by atoms with van der Waals surface area (Å²) in [5.74, 6) is -3.12. The molecule has 1 heterocycles. The number of aliphatic carboxylic acids is 1. The molecule has 0 aromatic heterocycles. The summed E-state index contributed by atoms with van der Waals surface area (Å²) in [6.07, 6.45) is 0. The summed E-state index contributed by atoms with van der Waals surface area (Å²) in [6.45, 7) is 2.60.